The van der Waals surface area contributed by atoms with E-state index in [0.717, 1.165) is 16.9 Å². The lowest BCUT2D eigenvalue weighted by Gasteiger charge is -2.14. The summed E-state index contributed by atoms with van der Waals surface area (Å²) in [5, 5.41) is 3.29. The van der Waals surface area contributed by atoms with E-state index < -0.39 is 0 Å². The number of halogens is 1. The molecular formula is C18H22FNO. The van der Waals surface area contributed by atoms with E-state index in [1.165, 1.54) is 17.7 Å². The van der Waals surface area contributed by atoms with Crippen molar-refractivity contribution in [1.29, 1.82) is 0 Å². The van der Waals surface area contributed by atoms with Gasteiger partial charge in [-0.25, -0.2) is 4.39 Å². The van der Waals surface area contributed by atoms with Crippen molar-refractivity contribution in [2.45, 2.75) is 40.0 Å². The molecule has 21 heavy (non-hydrogen) atoms. The van der Waals surface area contributed by atoms with Crippen LogP contribution in [0.5, 0.6) is 5.75 Å². The first-order chi connectivity index (χ1) is 10.0. The van der Waals surface area contributed by atoms with E-state index in [-0.39, 0.29) is 5.82 Å². The quantitative estimate of drug-likeness (QED) is 0.859. The van der Waals surface area contributed by atoms with E-state index in [0.29, 0.717) is 19.2 Å². The molecule has 0 amide bonds. The Balaban J connectivity index is 2.06. The van der Waals surface area contributed by atoms with Crippen LogP contribution >= 0.6 is 0 Å². The smallest absolute Gasteiger partial charge is 0.124 e. The second-order valence-electron chi connectivity index (χ2n) is 5.56. The Kier molecular flexibility index (Phi) is 5.34. The summed E-state index contributed by atoms with van der Waals surface area (Å²) in [5.41, 5.74) is 3.17. The number of nitrogens with one attached hydrogen (secondary N) is 1. The van der Waals surface area contributed by atoms with Crippen molar-refractivity contribution in [3.8, 4) is 5.75 Å². The monoisotopic (exact) mass is 287 g/mol. The molecule has 0 fully saturated rings. The highest BCUT2D eigenvalue weighted by atomic mass is 19.1. The van der Waals surface area contributed by atoms with E-state index in [9.17, 15) is 4.39 Å². The molecule has 0 heterocycles. The molecule has 0 aromatic heterocycles. The Labute approximate surface area is 126 Å². The number of benzene rings is 2. The van der Waals surface area contributed by atoms with Gasteiger partial charge in [0, 0.05) is 18.2 Å². The molecule has 2 rings (SSSR count). The lowest BCUT2D eigenvalue weighted by atomic mass is 10.1. The lowest BCUT2D eigenvalue weighted by molar-refractivity contribution is 0.301. The molecule has 1 N–H and O–H groups in total. The van der Waals surface area contributed by atoms with Crippen LogP contribution in [0.2, 0.25) is 0 Å². The van der Waals surface area contributed by atoms with Gasteiger partial charge in [-0.1, -0.05) is 43.7 Å². The number of hydrogen-bond donors (Lipinski definition) is 1. The maximum absolute atomic E-state index is 13.4. The summed E-state index contributed by atoms with van der Waals surface area (Å²) >= 11 is 0. The Hall–Kier alpha value is -1.87. The molecule has 0 aliphatic carbocycles. The van der Waals surface area contributed by atoms with Crippen LogP contribution in [0.25, 0.3) is 0 Å². The normalized spacial score (nSPS) is 10.9. The van der Waals surface area contributed by atoms with Crippen LogP contribution in [0.3, 0.4) is 0 Å². The van der Waals surface area contributed by atoms with Crippen molar-refractivity contribution in [3.05, 3.63) is 65.0 Å². The number of hydrogen-bond acceptors (Lipinski definition) is 2. The third-order valence-electron chi connectivity index (χ3n) is 3.24. The molecule has 0 aliphatic rings. The van der Waals surface area contributed by atoms with Gasteiger partial charge in [-0.3, -0.25) is 0 Å². The molecule has 0 bridgehead atoms. The van der Waals surface area contributed by atoms with Crippen molar-refractivity contribution in [3.63, 3.8) is 0 Å². The van der Waals surface area contributed by atoms with Crippen molar-refractivity contribution < 1.29 is 9.13 Å². The van der Waals surface area contributed by atoms with Crippen LogP contribution in [-0.4, -0.2) is 6.04 Å². The SMILES string of the molecule is Cc1ccc(COc2ccc(F)cc2CNC(C)C)cc1. The highest BCUT2D eigenvalue weighted by Gasteiger charge is 2.07. The van der Waals surface area contributed by atoms with E-state index >= 15 is 0 Å². The fraction of sp³-hybridized carbons (Fsp3) is 0.333. The molecular weight excluding hydrogens is 265 g/mol. The molecule has 2 aromatic rings. The van der Waals surface area contributed by atoms with Crippen LogP contribution in [0.15, 0.2) is 42.5 Å². The molecule has 0 atom stereocenters. The van der Waals surface area contributed by atoms with Crippen molar-refractivity contribution in [2.24, 2.45) is 0 Å². The summed E-state index contributed by atoms with van der Waals surface area (Å²) in [7, 11) is 0. The number of ether oxygens (including phenoxy) is 1. The zero-order chi connectivity index (χ0) is 15.2. The Morgan fingerprint density at radius 3 is 2.48 bits per heavy atom. The summed E-state index contributed by atoms with van der Waals surface area (Å²) in [5.74, 6) is 0.489. The largest absolute Gasteiger partial charge is 0.489 e. The second kappa shape index (κ2) is 7.23. The fourth-order valence-electron chi connectivity index (χ4n) is 1.99. The van der Waals surface area contributed by atoms with Gasteiger partial charge in [-0.05, 0) is 30.7 Å². The van der Waals surface area contributed by atoms with Gasteiger partial charge >= 0.3 is 0 Å². The van der Waals surface area contributed by atoms with Crippen molar-refractivity contribution in [2.75, 3.05) is 0 Å². The van der Waals surface area contributed by atoms with Gasteiger partial charge in [0.2, 0.25) is 0 Å². The molecule has 3 heteroatoms. The summed E-state index contributed by atoms with van der Waals surface area (Å²) in [6, 6.07) is 13.2. The van der Waals surface area contributed by atoms with Crippen LogP contribution in [-0.2, 0) is 13.2 Å². The van der Waals surface area contributed by atoms with Gasteiger partial charge < -0.3 is 10.1 Å². The van der Waals surface area contributed by atoms with Gasteiger partial charge in [0.05, 0.1) is 0 Å². The second-order valence-corrected chi connectivity index (χ2v) is 5.56. The number of rotatable bonds is 6. The molecule has 0 saturated heterocycles. The summed E-state index contributed by atoms with van der Waals surface area (Å²) in [6.07, 6.45) is 0. The average Bonchev–Trinajstić information content (AvgIpc) is 2.45. The van der Waals surface area contributed by atoms with Crippen LogP contribution in [0, 0.1) is 12.7 Å². The van der Waals surface area contributed by atoms with E-state index in [1.54, 1.807) is 6.07 Å². The van der Waals surface area contributed by atoms with Gasteiger partial charge in [-0.2, -0.15) is 0 Å². The minimum absolute atomic E-state index is 0.238. The summed E-state index contributed by atoms with van der Waals surface area (Å²) < 4.78 is 19.2. The third-order valence-corrected chi connectivity index (χ3v) is 3.24. The average molecular weight is 287 g/mol. The molecule has 112 valence electrons. The molecule has 2 aromatic carbocycles. The highest BCUT2D eigenvalue weighted by molar-refractivity contribution is 5.34. The van der Waals surface area contributed by atoms with Gasteiger partial charge in [0.15, 0.2) is 0 Å². The van der Waals surface area contributed by atoms with E-state index in [4.69, 9.17) is 4.74 Å². The highest BCUT2D eigenvalue weighted by Crippen LogP contribution is 2.21. The predicted molar refractivity (Wildman–Crippen MR) is 83.9 cm³/mol. The Morgan fingerprint density at radius 2 is 1.81 bits per heavy atom. The molecule has 0 aliphatic heterocycles. The van der Waals surface area contributed by atoms with Crippen LogP contribution in [0.1, 0.15) is 30.5 Å². The van der Waals surface area contributed by atoms with E-state index in [1.807, 2.05) is 12.1 Å². The summed E-state index contributed by atoms with van der Waals surface area (Å²) in [4.78, 5) is 0. The fourth-order valence-corrected chi connectivity index (χ4v) is 1.99. The maximum Gasteiger partial charge on any atom is 0.124 e. The minimum atomic E-state index is -0.238. The zero-order valence-electron chi connectivity index (χ0n) is 12.8. The molecule has 0 saturated carbocycles. The van der Waals surface area contributed by atoms with Crippen LogP contribution < -0.4 is 10.1 Å². The van der Waals surface area contributed by atoms with Gasteiger partial charge in [0.1, 0.15) is 18.2 Å². The first kappa shape index (κ1) is 15.5. The first-order valence-electron chi connectivity index (χ1n) is 7.25. The van der Waals surface area contributed by atoms with Crippen molar-refractivity contribution in [1.82, 2.24) is 5.32 Å². The maximum atomic E-state index is 13.4. The van der Waals surface area contributed by atoms with E-state index in [2.05, 4.69) is 38.2 Å². The predicted octanol–water partition coefficient (Wildman–Crippen LogP) is 4.21. The summed E-state index contributed by atoms with van der Waals surface area (Å²) in [6.45, 7) is 7.26. The molecule has 0 radical (unpaired) electrons. The van der Waals surface area contributed by atoms with Crippen LogP contribution in [0.4, 0.5) is 4.39 Å². The zero-order valence-corrected chi connectivity index (χ0v) is 12.8. The lowest BCUT2D eigenvalue weighted by Crippen LogP contribution is -2.22. The van der Waals surface area contributed by atoms with Crippen molar-refractivity contribution >= 4 is 0 Å². The molecule has 0 unspecified atom stereocenters. The first-order valence-corrected chi connectivity index (χ1v) is 7.25. The third kappa shape index (κ3) is 4.87. The number of aryl methyl sites for hydroxylation is 1. The van der Waals surface area contributed by atoms with Gasteiger partial charge in [-0.15, -0.1) is 0 Å². The standard InChI is InChI=1S/C18H22FNO/c1-13(2)20-11-16-10-17(19)8-9-18(16)21-12-15-6-4-14(3)5-7-15/h4-10,13,20H,11-12H2,1-3H3. The topological polar surface area (TPSA) is 21.3 Å². The Morgan fingerprint density at radius 1 is 1.10 bits per heavy atom. The molecule has 2 nitrogen and oxygen atoms in total. The minimum Gasteiger partial charge on any atom is -0.489 e. The van der Waals surface area contributed by atoms with Gasteiger partial charge in [0.25, 0.3) is 0 Å². The Bertz CT molecular complexity index is 578. The molecule has 0 spiro atoms.